The van der Waals surface area contributed by atoms with E-state index in [1.807, 2.05) is 13.8 Å². The van der Waals surface area contributed by atoms with Crippen LogP contribution in [0.2, 0.25) is 0 Å². The first kappa shape index (κ1) is 23.0. The molecule has 2 aromatic carbocycles. The minimum atomic E-state index is -0.515. The molecule has 0 aliphatic rings. The summed E-state index contributed by atoms with van der Waals surface area (Å²) >= 11 is 0. The molecule has 36 heavy (non-hydrogen) atoms. The van der Waals surface area contributed by atoms with E-state index in [1.54, 1.807) is 49.4 Å². The van der Waals surface area contributed by atoms with Crippen LogP contribution in [0.4, 0.5) is 10.2 Å². The molecule has 0 radical (unpaired) electrons. The lowest BCUT2D eigenvalue weighted by Gasteiger charge is -2.11. The molecule has 0 unspecified atom stereocenters. The van der Waals surface area contributed by atoms with Gasteiger partial charge in [0, 0.05) is 11.6 Å². The molecule has 0 spiro atoms. The van der Waals surface area contributed by atoms with Crippen LogP contribution in [0.15, 0.2) is 65.6 Å². The summed E-state index contributed by atoms with van der Waals surface area (Å²) in [5.74, 6) is 0.0870. The minimum absolute atomic E-state index is 0.0173. The van der Waals surface area contributed by atoms with Crippen LogP contribution < -0.4 is 15.6 Å². The van der Waals surface area contributed by atoms with E-state index in [2.05, 4.69) is 25.5 Å². The van der Waals surface area contributed by atoms with Crippen molar-refractivity contribution >= 4 is 22.8 Å². The Morgan fingerprint density at radius 1 is 1.11 bits per heavy atom. The van der Waals surface area contributed by atoms with E-state index in [4.69, 9.17) is 4.74 Å². The first-order chi connectivity index (χ1) is 17.3. The standard InChI is InChI=1S/C25H22FN7O3/c1-14(2)36-17-10-8-16(9-11-17)23(34)28-21-12-15(3)31-33(21)25-29-22-18(24(35)30-25)13-27-32(22)20-7-5-4-6-19(20)26/h4-14H,1-3H3,(H,28,34)(H,29,30,35). The molecule has 0 saturated carbocycles. The van der Waals surface area contributed by atoms with E-state index in [0.717, 1.165) is 0 Å². The zero-order chi connectivity index (χ0) is 25.4. The number of halogens is 1. The van der Waals surface area contributed by atoms with Gasteiger partial charge in [-0.3, -0.25) is 14.6 Å². The van der Waals surface area contributed by atoms with Crippen molar-refractivity contribution in [3.8, 4) is 17.4 Å². The third-order valence-corrected chi connectivity index (χ3v) is 5.27. The molecule has 0 aliphatic heterocycles. The number of nitrogens with one attached hydrogen (secondary N) is 2. The van der Waals surface area contributed by atoms with Crippen molar-refractivity contribution < 1.29 is 13.9 Å². The van der Waals surface area contributed by atoms with Crippen LogP contribution in [0, 0.1) is 12.7 Å². The molecule has 0 aliphatic carbocycles. The van der Waals surface area contributed by atoms with Gasteiger partial charge >= 0.3 is 0 Å². The van der Waals surface area contributed by atoms with Crippen LogP contribution >= 0.6 is 0 Å². The molecule has 2 N–H and O–H groups in total. The average Bonchev–Trinajstić information content (AvgIpc) is 3.43. The Morgan fingerprint density at radius 2 is 1.86 bits per heavy atom. The largest absolute Gasteiger partial charge is 0.491 e. The van der Waals surface area contributed by atoms with E-state index in [0.29, 0.717) is 22.8 Å². The molecular weight excluding hydrogens is 465 g/mol. The van der Waals surface area contributed by atoms with Crippen molar-refractivity contribution in [1.82, 2.24) is 29.5 Å². The van der Waals surface area contributed by atoms with Crippen LogP contribution in [0.5, 0.6) is 5.75 Å². The zero-order valence-corrected chi connectivity index (χ0v) is 19.7. The fourth-order valence-corrected chi connectivity index (χ4v) is 3.70. The summed E-state index contributed by atoms with van der Waals surface area (Å²) in [4.78, 5) is 32.8. The number of carbonyl (C=O) groups excluding carboxylic acids is 1. The first-order valence-electron chi connectivity index (χ1n) is 11.2. The normalized spacial score (nSPS) is 11.2. The number of ether oxygens (including phenoxy) is 1. The molecule has 182 valence electrons. The van der Waals surface area contributed by atoms with Gasteiger partial charge in [0.25, 0.3) is 11.5 Å². The molecule has 0 fully saturated rings. The summed E-state index contributed by atoms with van der Waals surface area (Å²) in [7, 11) is 0. The number of aryl methyl sites for hydroxylation is 1. The van der Waals surface area contributed by atoms with Crippen molar-refractivity contribution in [1.29, 1.82) is 0 Å². The maximum Gasteiger partial charge on any atom is 0.263 e. The van der Waals surface area contributed by atoms with E-state index in [-0.39, 0.29) is 34.7 Å². The molecule has 0 bridgehead atoms. The van der Waals surface area contributed by atoms with Gasteiger partial charge in [0.05, 0.1) is 18.0 Å². The number of fused-ring (bicyclic) bond motifs is 1. The molecule has 5 aromatic rings. The Kier molecular flexibility index (Phi) is 5.80. The highest BCUT2D eigenvalue weighted by molar-refractivity contribution is 6.04. The SMILES string of the molecule is Cc1cc(NC(=O)c2ccc(OC(C)C)cc2)n(-c2nc3c(cnn3-c3ccccc3F)c(=O)[nH]2)n1. The van der Waals surface area contributed by atoms with Gasteiger partial charge in [-0.2, -0.15) is 19.9 Å². The predicted molar refractivity (Wildman–Crippen MR) is 131 cm³/mol. The van der Waals surface area contributed by atoms with Crippen molar-refractivity contribution in [3.05, 3.63) is 88.2 Å². The Morgan fingerprint density at radius 3 is 2.58 bits per heavy atom. The number of aromatic nitrogens is 6. The van der Waals surface area contributed by atoms with Crippen LogP contribution in [0.1, 0.15) is 29.9 Å². The maximum absolute atomic E-state index is 14.4. The number of H-pyrrole nitrogens is 1. The quantitative estimate of drug-likeness (QED) is 0.376. The summed E-state index contributed by atoms with van der Waals surface area (Å²) in [6.07, 6.45) is 1.34. The molecule has 3 heterocycles. The number of para-hydroxylation sites is 1. The third-order valence-electron chi connectivity index (χ3n) is 5.27. The van der Waals surface area contributed by atoms with Gasteiger partial charge in [0.2, 0.25) is 5.95 Å². The minimum Gasteiger partial charge on any atom is -0.491 e. The Balaban J connectivity index is 1.51. The topological polar surface area (TPSA) is 120 Å². The van der Waals surface area contributed by atoms with Gasteiger partial charge in [-0.15, -0.1) is 0 Å². The Hall–Kier alpha value is -4.80. The summed E-state index contributed by atoms with van der Waals surface area (Å²) in [6.45, 7) is 5.58. The van der Waals surface area contributed by atoms with Crippen LogP contribution in [-0.2, 0) is 0 Å². The summed E-state index contributed by atoms with van der Waals surface area (Å²) < 4.78 is 22.6. The lowest BCUT2D eigenvalue weighted by Crippen LogP contribution is -2.19. The van der Waals surface area contributed by atoms with Crippen LogP contribution in [0.3, 0.4) is 0 Å². The van der Waals surface area contributed by atoms with Gasteiger partial charge in [-0.05, 0) is 57.2 Å². The van der Waals surface area contributed by atoms with E-state index in [9.17, 15) is 14.0 Å². The Labute approximate surface area is 204 Å². The highest BCUT2D eigenvalue weighted by atomic mass is 19.1. The van der Waals surface area contributed by atoms with E-state index >= 15 is 0 Å². The monoisotopic (exact) mass is 487 g/mol. The number of carbonyl (C=O) groups is 1. The fraction of sp³-hybridized carbons (Fsp3) is 0.160. The van der Waals surface area contributed by atoms with E-state index in [1.165, 1.54) is 27.7 Å². The fourth-order valence-electron chi connectivity index (χ4n) is 3.70. The van der Waals surface area contributed by atoms with Crippen LogP contribution in [0.25, 0.3) is 22.7 Å². The van der Waals surface area contributed by atoms with Gasteiger partial charge in [-0.1, -0.05) is 12.1 Å². The smallest absolute Gasteiger partial charge is 0.263 e. The van der Waals surface area contributed by atoms with Gasteiger partial charge in [-0.25, -0.2) is 9.07 Å². The third kappa shape index (κ3) is 4.33. The number of amides is 1. The lowest BCUT2D eigenvalue weighted by atomic mass is 10.2. The number of aromatic amines is 1. The molecule has 5 rings (SSSR count). The first-order valence-corrected chi connectivity index (χ1v) is 11.2. The summed E-state index contributed by atoms with van der Waals surface area (Å²) in [5.41, 5.74) is 0.794. The predicted octanol–water partition coefficient (Wildman–Crippen LogP) is 3.78. The number of anilines is 1. The van der Waals surface area contributed by atoms with E-state index < -0.39 is 11.4 Å². The summed E-state index contributed by atoms with van der Waals surface area (Å²) in [5, 5.41) is 11.5. The second-order valence-corrected chi connectivity index (χ2v) is 8.36. The molecule has 1 amide bonds. The zero-order valence-electron chi connectivity index (χ0n) is 19.7. The number of nitrogens with zero attached hydrogens (tertiary/aromatic N) is 5. The number of hydrogen-bond acceptors (Lipinski definition) is 6. The molecular formula is C25H22FN7O3. The molecule has 0 saturated heterocycles. The summed E-state index contributed by atoms with van der Waals surface area (Å²) in [6, 6.07) is 14.4. The second kappa shape index (κ2) is 9.10. The van der Waals surface area contributed by atoms with Crippen molar-refractivity contribution in [2.24, 2.45) is 0 Å². The molecule has 11 heteroatoms. The number of rotatable bonds is 6. The van der Waals surface area contributed by atoms with Gasteiger partial charge < -0.3 is 10.1 Å². The number of benzene rings is 2. The molecule has 3 aromatic heterocycles. The highest BCUT2D eigenvalue weighted by Gasteiger charge is 2.18. The maximum atomic E-state index is 14.4. The van der Waals surface area contributed by atoms with Crippen LogP contribution in [-0.4, -0.2) is 41.5 Å². The van der Waals surface area contributed by atoms with Crippen molar-refractivity contribution in [2.75, 3.05) is 5.32 Å². The average molecular weight is 487 g/mol. The molecule has 10 nitrogen and oxygen atoms in total. The van der Waals surface area contributed by atoms with Crippen molar-refractivity contribution in [3.63, 3.8) is 0 Å². The Bertz CT molecular complexity index is 1630. The van der Waals surface area contributed by atoms with Gasteiger partial charge in [0.1, 0.15) is 28.5 Å². The second-order valence-electron chi connectivity index (χ2n) is 8.36. The highest BCUT2D eigenvalue weighted by Crippen LogP contribution is 2.20. The number of hydrogen-bond donors (Lipinski definition) is 2. The van der Waals surface area contributed by atoms with Gasteiger partial charge in [0.15, 0.2) is 5.65 Å². The van der Waals surface area contributed by atoms with Crippen molar-refractivity contribution in [2.45, 2.75) is 26.9 Å². The molecule has 0 atom stereocenters. The lowest BCUT2D eigenvalue weighted by molar-refractivity contribution is 0.102.